The number of hydrogen-bond donors (Lipinski definition) is 1. The summed E-state index contributed by atoms with van der Waals surface area (Å²) in [5, 5.41) is 4.69. The Balaban J connectivity index is 1.10. The van der Waals surface area contributed by atoms with Crippen LogP contribution in [0.5, 0.6) is 11.5 Å². The summed E-state index contributed by atoms with van der Waals surface area (Å²) in [6.07, 6.45) is -0.0108. The number of fused-ring (bicyclic) bond motifs is 1. The fourth-order valence-corrected chi connectivity index (χ4v) is 4.69. The summed E-state index contributed by atoms with van der Waals surface area (Å²) >= 11 is 0. The number of anilines is 2. The van der Waals surface area contributed by atoms with Gasteiger partial charge < -0.3 is 24.4 Å². The highest BCUT2D eigenvalue weighted by atomic mass is 16.5. The van der Waals surface area contributed by atoms with Crippen molar-refractivity contribution in [1.29, 1.82) is 0 Å². The molecule has 0 aromatic heterocycles. The molecular weight excluding hydrogens is 548 g/mol. The van der Waals surface area contributed by atoms with Crippen molar-refractivity contribution in [3.05, 3.63) is 96.6 Å². The molecule has 1 N–H and O–H groups in total. The lowest BCUT2D eigenvalue weighted by Gasteiger charge is -2.17. The number of nitrogens with zero attached hydrogens (tertiary/aromatic N) is 1. The number of benzene rings is 4. The van der Waals surface area contributed by atoms with Crippen molar-refractivity contribution in [1.82, 2.24) is 0 Å². The van der Waals surface area contributed by atoms with Crippen molar-refractivity contribution in [3.63, 3.8) is 0 Å². The zero-order chi connectivity index (χ0) is 30.3. The number of ether oxygens (including phenoxy) is 3. The third-order valence-corrected chi connectivity index (χ3v) is 6.88. The van der Waals surface area contributed by atoms with Gasteiger partial charge in [-0.25, -0.2) is 4.79 Å². The van der Waals surface area contributed by atoms with Crippen LogP contribution >= 0.6 is 0 Å². The van der Waals surface area contributed by atoms with Crippen molar-refractivity contribution in [3.8, 4) is 11.5 Å². The Kier molecular flexibility index (Phi) is 9.00. The van der Waals surface area contributed by atoms with Crippen LogP contribution in [0.4, 0.5) is 11.4 Å². The average Bonchev–Trinajstić information content (AvgIpc) is 3.41. The van der Waals surface area contributed by atoms with Gasteiger partial charge in [0.25, 0.3) is 5.91 Å². The molecule has 1 aliphatic rings. The second-order valence-electron chi connectivity index (χ2n) is 10.7. The Labute approximate surface area is 249 Å². The summed E-state index contributed by atoms with van der Waals surface area (Å²) in [6.45, 7) is 3.87. The highest BCUT2D eigenvalue weighted by Gasteiger charge is 2.36. The molecule has 0 radical (unpaired) electrons. The molecule has 1 saturated heterocycles. The first-order valence-electron chi connectivity index (χ1n) is 14.1. The van der Waals surface area contributed by atoms with Gasteiger partial charge in [0.05, 0.1) is 18.1 Å². The van der Waals surface area contributed by atoms with Crippen LogP contribution in [0.3, 0.4) is 0 Å². The molecule has 0 bridgehead atoms. The zero-order valence-electron chi connectivity index (χ0n) is 23.9. The van der Waals surface area contributed by atoms with Gasteiger partial charge in [0.2, 0.25) is 5.91 Å². The van der Waals surface area contributed by atoms with E-state index in [4.69, 9.17) is 14.2 Å². The van der Waals surface area contributed by atoms with Crippen molar-refractivity contribution >= 4 is 45.9 Å². The van der Waals surface area contributed by atoms with Crippen molar-refractivity contribution in [2.45, 2.75) is 20.3 Å². The van der Waals surface area contributed by atoms with Gasteiger partial charge >= 0.3 is 11.9 Å². The van der Waals surface area contributed by atoms with E-state index < -0.39 is 30.4 Å². The maximum atomic E-state index is 12.7. The summed E-state index contributed by atoms with van der Waals surface area (Å²) in [7, 11) is 0. The van der Waals surface area contributed by atoms with Crippen molar-refractivity contribution in [2.75, 3.05) is 30.0 Å². The van der Waals surface area contributed by atoms with Gasteiger partial charge in [0, 0.05) is 29.7 Å². The lowest BCUT2D eigenvalue weighted by molar-refractivity contribution is -0.151. The van der Waals surface area contributed by atoms with Crippen LogP contribution in [0.2, 0.25) is 0 Å². The first-order valence-corrected chi connectivity index (χ1v) is 14.1. The zero-order valence-corrected chi connectivity index (χ0v) is 23.9. The number of amides is 2. The second-order valence-corrected chi connectivity index (χ2v) is 10.7. The topological polar surface area (TPSA) is 111 Å². The molecule has 0 spiro atoms. The quantitative estimate of drug-likeness (QED) is 0.230. The third-order valence-electron chi connectivity index (χ3n) is 6.88. The summed E-state index contributed by atoms with van der Waals surface area (Å²) < 4.78 is 16.5. The molecule has 4 aromatic carbocycles. The van der Waals surface area contributed by atoms with Gasteiger partial charge in [-0.1, -0.05) is 50.2 Å². The minimum atomic E-state index is -0.692. The van der Waals surface area contributed by atoms with Crippen LogP contribution in [0.15, 0.2) is 91.0 Å². The number of rotatable bonds is 10. The van der Waals surface area contributed by atoms with E-state index in [-0.39, 0.29) is 24.8 Å². The van der Waals surface area contributed by atoms with Crippen LogP contribution in [0.1, 0.15) is 30.6 Å². The van der Waals surface area contributed by atoms with E-state index in [2.05, 4.69) is 5.32 Å². The Bertz CT molecular complexity index is 1630. The fraction of sp³-hybridized carbons (Fsp3) is 0.235. The average molecular weight is 581 g/mol. The number of esters is 2. The molecule has 1 fully saturated rings. The van der Waals surface area contributed by atoms with Gasteiger partial charge in [-0.2, -0.15) is 0 Å². The minimum absolute atomic E-state index is 0.0108. The van der Waals surface area contributed by atoms with Crippen LogP contribution in [-0.2, 0) is 23.9 Å². The molecule has 0 unspecified atom stereocenters. The van der Waals surface area contributed by atoms with Gasteiger partial charge in [0.15, 0.2) is 6.61 Å². The van der Waals surface area contributed by atoms with Crippen LogP contribution < -0.4 is 15.0 Å². The van der Waals surface area contributed by atoms with Crippen molar-refractivity contribution in [2.24, 2.45) is 11.8 Å². The maximum Gasteiger partial charge on any atom is 0.338 e. The molecule has 1 atom stereocenters. The minimum Gasteiger partial charge on any atom is -0.462 e. The van der Waals surface area contributed by atoms with Gasteiger partial charge in [-0.15, -0.1) is 0 Å². The van der Waals surface area contributed by atoms with Crippen LogP contribution in [0.25, 0.3) is 10.8 Å². The number of carbonyl (C=O) groups excluding carboxylic acids is 4. The second kappa shape index (κ2) is 13.2. The predicted molar refractivity (Wildman–Crippen MR) is 162 cm³/mol. The lowest BCUT2D eigenvalue weighted by Crippen LogP contribution is -2.28. The molecule has 9 nitrogen and oxygen atoms in total. The monoisotopic (exact) mass is 580 g/mol. The standard InChI is InChI=1S/C34H32N2O7/c1-22(2)20-41-33(39)24-10-12-26(13-11-24)35-31(37)21-42-34(40)25-18-32(38)36(19-25)27-14-16-28(17-15-27)43-30-9-5-7-23-6-3-4-8-29(23)30/h3-17,22,25H,18-21H2,1-2H3,(H,35,37)/t25-/m1/s1. The van der Waals surface area contributed by atoms with Gasteiger partial charge in [0.1, 0.15) is 11.5 Å². The maximum absolute atomic E-state index is 12.7. The summed E-state index contributed by atoms with van der Waals surface area (Å²) in [4.78, 5) is 51.3. The van der Waals surface area contributed by atoms with E-state index in [9.17, 15) is 19.2 Å². The van der Waals surface area contributed by atoms with E-state index in [1.165, 1.54) is 4.90 Å². The molecule has 0 aliphatic carbocycles. The largest absolute Gasteiger partial charge is 0.462 e. The van der Waals surface area contributed by atoms with Gasteiger partial charge in [-0.3, -0.25) is 14.4 Å². The first kappa shape index (κ1) is 29.3. The Morgan fingerprint density at radius 3 is 2.35 bits per heavy atom. The predicted octanol–water partition coefficient (Wildman–Crippen LogP) is 5.98. The van der Waals surface area contributed by atoms with Crippen LogP contribution in [-0.4, -0.2) is 43.5 Å². The van der Waals surface area contributed by atoms with E-state index in [0.717, 1.165) is 16.5 Å². The lowest BCUT2D eigenvalue weighted by atomic mass is 10.1. The number of nitrogens with one attached hydrogen (secondary N) is 1. The van der Waals surface area contributed by atoms with Crippen molar-refractivity contribution < 1.29 is 33.4 Å². The first-order chi connectivity index (χ1) is 20.8. The molecular formula is C34H32N2O7. The fourth-order valence-electron chi connectivity index (χ4n) is 4.69. The summed E-state index contributed by atoms with van der Waals surface area (Å²) in [6, 6.07) is 27.1. The highest BCUT2D eigenvalue weighted by molar-refractivity contribution is 6.00. The van der Waals surface area contributed by atoms with E-state index in [1.807, 2.05) is 56.3 Å². The molecule has 4 aromatic rings. The molecule has 0 saturated carbocycles. The Morgan fingerprint density at radius 1 is 0.884 bits per heavy atom. The molecule has 2 amide bonds. The number of hydrogen-bond acceptors (Lipinski definition) is 7. The Morgan fingerprint density at radius 2 is 1.60 bits per heavy atom. The normalized spacial score (nSPS) is 14.5. The SMILES string of the molecule is CC(C)COC(=O)c1ccc(NC(=O)COC(=O)[C@@H]2CC(=O)N(c3ccc(Oc4cccc5ccccc45)cc3)C2)cc1. The van der Waals surface area contributed by atoms with E-state index in [1.54, 1.807) is 48.5 Å². The molecule has 5 rings (SSSR count). The molecule has 43 heavy (non-hydrogen) atoms. The molecule has 9 heteroatoms. The van der Waals surface area contributed by atoms with Crippen LogP contribution in [0, 0.1) is 11.8 Å². The summed E-state index contributed by atoms with van der Waals surface area (Å²) in [5.74, 6) is -0.918. The smallest absolute Gasteiger partial charge is 0.338 e. The Hall–Kier alpha value is -5.18. The third kappa shape index (κ3) is 7.37. The molecule has 220 valence electrons. The molecule has 1 heterocycles. The highest BCUT2D eigenvalue weighted by Crippen LogP contribution is 2.32. The number of carbonyl (C=O) groups is 4. The van der Waals surface area contributed by atoms with E-state index in [0.29, 0.717) is 29.3 Å². The van der Waals surface area contributed by atoms with E-state index >= 15 is 0 Å². The molecule has 1 aliphatic heterocycles. The van der Waals surface area contributed by atoms with Gasteiger partial charge in [-0.05, 0) is 65.9 Å². The summed E-state index contributed by atoms with van der Waals surface area (Å²) in [5.41, 5.74) is 1.45.